The molecule has 0 spiro atoms. The van der Waals surface area contributed by atoms with Gasteiger partial charge < -0.3 is 14.6 Å². The molecular weight excluding hydrogens is 230 g/mol. The maximum Gasteiger partial charge on any atom is 0.146 e. The van der Waals surface area contributed by atoms with Gasteiger partial charge in [-0.3, -0.25) is 4.90 Å². The molecule has 2 rings (SSSR count). The first kappa shape index (κ1) is 13.5. The van der Waals surface area contributed by atoms with E-state index in [9.17, 15) is 0 Å². The van der Waals surface area contributed by atoms with E-state index < -0.39 is 0 Å². The van der Waals surface area contributed by atoms with E-state index in [1.54, 1.807) is 6.33 Å². The number of aryl methyl sites for hydroxylation is 1. The molecule has 1 saturated heterocycles. The van der Waals surface area contributed by atoms with Gasteiger partial charge in [0.15, 0.2) is 0 Å². The molecule has 1 aliphatic heterocycles. The average molecular weight is 253 g/mol. The Labute approximate surface area is 108 Å². The van der Waals surface area contributed by atoms with Crippen molar-refractivity contribution in [3.8, 4) is 0 Å². The molecule has 1 aromatic rings. The third kappa shape index (κ3) is 3.51. The van der Waals surface area contributed by atoms with E-state index in [0.717, 1.165) is 38.6 Å². The van der Waals surface area contributed by atoms with Crippen LogP contribution in [0.3, 0.4) is 0 Å². The third-order valence-corrected chi connectivity index (χ3v) is 3.36. The smallest absolute Gasteiger partial charge is 0.146 e. The van der Waals surface area contributed by atoms with E-state index in [1.165, 1.54) is 0 Å². The van der Waals surface area contributed by atoms with Crippen molar-refractivity contribution in [3.05, 3.63) is 12.2 Å². The van der Waals surface area contributed by atoms with Crippen LogP contribution in [-0.4, -0.2) is 58.1 Å². The molecule has 6 nitrogen and oxygen atoms in total. The van der Waals surface area contributed by atoms with Crippen molar-refractivity contribution in [1.82, 2.24) is 25.0 Å². The minimum atomic E-state index is 0.273. The highest BCUT2D eigenvalue weighted by Gasteiger charge is 2.21. The number of ether oxygens (including phenoxy) is 1. The Hall–Kier alpha value is -0.980. The Morgan fingerprint density at radius 3 is 3.06 bits per heavy atom. The largest absolute Gasteiger partial charge is 0.374 e. The van der Waals surface area contributed by atoms with Gasteiger partial charge in [-0.15, -0.1) is 10.2 Å². The van der Waals surface area contributed by atoms with Crippen LogP contribution in [0.2, 0.25) is 0 Å². The van der Waals surface area contributed by atoms with E-state index in [4.69, 9.17) is 4.74 Å². The third-order valence-electron chi connectivity index (χ3n) is 3.36. The highest BCUT2D eigenvalue weighted by atomic mass is 16.5. The fraction of sp³-hybridized carbons (Fsp3) is 0.833. The van der Waals surface area contributed by atoms with Crippen LogP contribution in [0.5, 0.6) is 0 Å². The van der Waals surface area contributed by atoms with E-state index in [1.807, 2.05) is 11.6 Å². The lowest BCUT2D eigenvalue weighted by atomic mass is 10.2. The molecule has 102 valence electrons. The highest BCUT2D eigenvalue weighted by Crippen LogP contribution is 2.08. The standard InChI is InChI=1S/C12H23N5O/c1-10(2)17-4-5-18-11(8-17)6-13-7-12-15-14-9-16(12)3/h9-11,13H,4-8H2,1-3H3. The van der Waals surface area contributed by atoms with E-state index in [-0.39, 0.29) is 6.10 Å². The molecule has 0 bridgehead atoms. The molecule has 2 heterocycles. The first-order chi connectivity index (χ1) is 8.66. The number of nitrogens with zero attached hydrogens (tertiary/aromatic N) is 4. The van der Waals surface area contributed by atoms with Crippen LogP contribution in [-0.2, 0) is 18.3 Å². The summed E-state index contributed by atoms with van der Waals surface area (Å²) in [5.74, 6) is 0.950. The van der Waals surface area contributed by atoms with Gasteiger partial charge in [0.1, 0.15) is 12.2 Å². The molecule has 1 aliphatic rings. The van der Waals surface area contributed by atoms with Crippen molar-refractivity contribution in [1.29, 1.82) is 0 Å². The van der Waals surface area contributed by atoms with Gasteiger partial charge in [0.2, 0.25) is 0 Å². The Balaban J connectivity index is 1.72. The monoisotopic (exact) mass is 253 g/mol. The molecule has 1 atom stereocenters. The number of nitrogens with one attached hydrogen (secondary N) is 1. The van der Waals surface area contributed by atoms with Crippen LogP contribution in [0.1, 0.15) is 19.7 Å². The quantitative estimate of drug-likeness (QED) is 0.801. The molecule has 0 saturated carbocycles. The second-order valence-electron chi connectivity index (χ2n) is 5.07. The van der Waals surface area contributed by atoms with Crippen molar-refractivity contribution in [2.75, 3.05) is 26.2 Å². The summed E-state index contributed by atoms with van der Waals surface area (Å²) in [6, 6.07) is 0.593. The molecule has 0 amide bonds. The molecule has 1 aromatic heterocycles. The van der Waals surface area contributed by atoms with Gasteiger partial charge in [-0.1, -0.05) is 0 Å². The van der Waals surface area contributed by atoms with Gasteiger partial charge >= 0.3 is 0 Å². The molecule has 1 unspecified atom stereocenters. The lowest BCUT2D eigenvalue weighted by Gasteiger charge is -2.35. The summed E-state index contributed by atoms with van der Waals surface area (Å²) < 4.78 is 7.69. The molecule has 1 N–H and O–H groups in total. The van der Waals surface area contributed by atoms with Crippen LogP contribution >= 0.6 is 0 Å². The minimum absolute atomic E-state index is 0.273. The van der Waals surface area contributed by atoms with Crippen LogP contribution in [0.15, 0.2) is 6.33 Å². The maximum atomic E-state index is 5.76. The number of aromatic nitrogens is 3. The molecule has 1 fully saturated rings. The Morgan fingerprint density at radius 2 is 2.39 bits per heavy atom. The predicted molar refractivity (Wildman–Crippen MR) is 69.2 cm³/mol. The molecule has 0 aliphatic carbocycles. The first-order valence-electron chi connectivity index (χ1n) is 6.56. The summed E-state index contributed by atoms with van der Waals surface area (Å²) in [5, 5.41) is 11.3. The van der Waals surface area contributed by atoms with Gasteiger partial charge in [-0.05, 0) is 13.8 Å². The summed E-state index contributed by atoms with van der Waals surface area (Å²) >= 11 is 0. The van der Waals surface area contributed by atoms with Gasteiger partial charge in [-0.2, -0.15) is 0 Å². The van der Waals surface area contributed by atoms with Crippen LogP contribution in [0, 0.1) is 0 Å². The number of rotatable bonds is 5. The van der Waals surface area contributed by atoms with Crippen LogP contribution < -0.4 is 5.32 Å². The van der Waals surface area contributed by atoms with Crippen molar-refractivity contribution < 1.29 is 4.74 Å². The van der Waals surface area contributed by atoms with Crippen molar-refractivity contribution >= 4 is 0 Å². The second kappa shape index (κ2) is 6.26. The lowest BCUT2D eigenvalue weighted by Crippen LogP contribution is -2.49. The molecule has 6 heteroatoms. The number of hydrogen-bond donors (Lipinski definition) is 1. The van der Waals surface area contributed by atoms with Gasteiger partial charge in [0, 0.05) is 32.7 Å². The van der Waals surface area contributed by atoms with E-state index >= 15 is 0 Å². The zero-order valence-electron chi connectivity index (χ0n) is 11.5. The molecule has 0 radical (unpaired) electrons. The highest BCUT2D eigenvalue weighted by molar-refractivity contribution is 4.84. The molecule has 0 aromatic carbocycles. The van der Waals surface area contributed by atoms with Gasteiger partial charge in [-0.25, -0.2) is 0 Å². The van der Waals surface area contributed by atoms with Crippen molar-refractivity contribution in [2.24, 2.45) is 7.05 Å². The normalized spacial score (nSPS) is 21.7. The summed E-state index contributed by atoms with van der Waals surface area (Å²) in [6.07, 6.45) is 1.99. The zero-order chi connectivity index (χ0) is 13.0. The fourth-order valence-electron chi connectivity index (χ4n) is 2.15. The topological polar surface area (TPSA) is 55.2 Å². The summed E-state index contributed by atoms with van der Waals surface area (Å²) in [5.41, 5.74) is 0. The van der Waals surface area contributed by atoms with Crippen molar-refractivity contribution in [3.63, 3.8) is 0 Å². The van der Waals surface area contributed by atoms with E-state index in [2.05, 4.69) is 34.3 Å². The summed E-state index contributed by atoms with van der Waals surface area (Å²) in [7, 11) is 1.95. The van der Waals surface area contributed by atoms with Crippen LogP contribution in [0.25, 0.3) is 0 Å². The second-order valence-corrected chi connectivity index (χ2v) is 5.07. The summed E-state index contributed by atoms with van der Waals surface area (Å²) in [4.78, 5) is 2.46. The number of hydrogen-bond acceptors (Lipinski definition) is 5. The van der Waals surface area contributed by atoms with Crippen molar-refractivity contribution in [2.45, 2.75) is 32.5 Å². The summed E-state index contributed by atoms with van der Waals surface area (Å²) in [6.45, 7) is 8.92. The Kier molecular flexibility index (Phi) is 4.68. The fourth-order valence-corrected chi connectivity index (χ4v) is 2.15. The Bertz CT molecular complexity index is 365. The number of morpholine rings is 1. The van der Waals surface area contributed by atoms with Crippen LogP contribution in [0.4, 0.5) is 0 Å². The predicted octanol–water partition coefficient (Wildman–Crippen LogP) is 0.0139. The Morgan fingerprint density at radius 1 is 1.56 bits per heavy atom. The zero-order valence-corrected chi connectivity index (χ0v) is 11.5. The lowest BCUT2D eigenvalue weighted by molar-refractivity contribution is -0.0373. The molecular formula is C12H23N5O. The SMILES string of the molecule is CC(C)N1CCOC(CNCc2nncn2C)C1. The average Bonchev–Trinajstić information content (AvgIpc) is 2.76. The van der Waals surface area contributed by atoms with Gasteiger partial charge in [0.25, 0.3) is 0 Å². The van der Waals surface area contributed by atoms with Gasteiger partial charge in [0.05, 0.1) is 19.3 Å². The molecule has 18 heavy (non-hydrogen) atoms. The first-order valence-corrected chi connectivity index (χ1v) is 6.56. The van der Waals surface area contributed by atoms with E-state index in [0.29, 0.717) is 6.04 Å². The minimum Gasteiger partial charge on any atom is -0.374 e. The maximum absolute atomic E-state index is 5.76.